The third kappa shape index (κ3) is 5.68. The van der Waals surface area contributed by atoms with E-state index in [0.717, 1.165) is 100 Å². The number of furan rings is 1. The number of aromatic nitrogens is 3. The third-order valence-corrected chi connectivity index (χ3v) is 10.4. The first kappa shape index (κ1) is 32.2. The minimum absolute atomic E-state index is 0.746. The minimum atomic E-state index is 0.746. The van der Waals surface area contributed by atoms with Gasteiger partial charge in [0.1, 0.15) is 22.6 Å². The number of hydrogen-bond acceptors (Lipinski definition) is 4. The molecule has 0 atom stereocenters. The molecule has 2 aromatic heterocycles. The van der Waals surface area contributed by atoms with Gasteiger partial charge in [-0.15, -0.1) is 10.2 Å². The summed E-state index contributed by atoms with van der Waals surface area (Å²) < 4.78 is 6.56. The number of rotatable bonds is 7. The van der Waals surface area contributed by atoms with Crippen molar-refractivity contribution in [3.05, 3.63) is 200 Å². The Kier molecular flexibility index (Phi) is 8.12. The molecule has 0 saturated carbocycles. The highest BCUT2D eigenvalue weighted by Crippen LogP contribution is 2.51. The lowest BCUT2D eigenvalue weighted by molar-refractivity contribution is 0.669. The van der Waals surface area contributed by atoms with Crippen molar-refractivity contribution in [3.8, 4) is 78.1 Å². The van der Waals surface area contributed by atoms with E-state index in [2.05, 4.69) is 175 Å². The van der Waals surface area contributed by atoms with E-state index in [4.69, 9.17) is 14.6 Å². The Hall–Kier alpha value is -7.43. The molecule has 0 aliphatic rings. The van der Waals surface area contributed by atoms with Crippen LogP contribution in [0.4, 0.5) is 0 Å². The molecule has 0 aliphatic heterocycles. The lowest BCUT2D eigenvalue weighted by Crippen LogP contribution is -2.03. The van der Waals surface area contributed by atoms with E-state index in [1.165, 1.54) is 0 Å². The molecular weight excluding hydrogens is 671 g/mol. The van der Waals surface area contributed by atoms with Crippen molar-refractivity contribution in [1.29, 1.82) is 0 Å². The van der Waals surface area contributed by atoms with Crippen LogP contribution in [0.1, 0.15) is 0 Å². The van der Waals surface area contributed by atoms with E-state index in [1.54, 1.807) is 0 Å². The number of hydrogen-bond donors (Lipinski definition) is 0. The van der Waals surface area contributed by atoms with Crippen molar-refractivity contribution in [3.63, 3.8) is 0 Å². The molecule has 258 valence electrons. The van der Waals surface area contributed by atoms with Gasteiger partial charge in [-0.05, 0) is 61.9 Å². The predicted molar refractivity (Wildman–Crippen MR) is 225 cm³/mol. The fourth-order valence-corrected chi connectivity index (χ4v) is 7.95. The van der Waals surface area contributed by atoms with Crippen LogP contribution in [0.25, 0.3) is 100 Å². The molecule has 4 nitrogen and oxygen atoms in total. The van der Waals surface area contributed by atoms with Crippen molar-refractivity contribution in [2.24, 2.45) is 0 Å². The van der Waals surface area contributed by atoms with Gasteiger partial charge in [-0.25, -0.2) is 0 Å². The number of nitrogens with zero attached hydrogens (tertiary/aromatic N) is 3. The van der Waals surface area contributed by atoms with Gasteiger partial charge in [0.2, 0.25) is 0 Å². The minimum Gasteiger partial charge on any atom is -0.456 e. The summed E-state index contributed by atoms with van der Waals surface area (Å²) in [5.74, 6) is 0. The van der Waals surface area contributed by atoms with E-state index >= 15 is 0 Å². The Morgan fingerprint density at radius 3 is 1.45 bits per heavy atom. The molecule has 0 unspecified atom stereocenters. The first-order valence-electron chi connectivity index (χ1n) is 18.5. The highest BCUT2D eigenvalue weighted by atomic mass is 16.3. The molecule has 10 aromatic rings. The average Bonchev–Trinajstić information content (AvgIpc) is 3.66. The first-order valence-corrected chi connectivity index (χ1v) is 18.5. The van der Waals surface area contributed by atoms with Gasteiger partial charge in [-0.1, -0.05) is 188 Å². The molecule has 0 spiro atoms. The second-order valence-corrected chi connectivity index (χ2v) is 13.6. The van der Waals surface area contributed by atoms with E-state index < -0.39 is 0 Å². The van der Waals surface area contributed by atoms with Crippen molar-refractivity contribution in [1.82, 2.24) is 15.4 Å². The summed E-state index contributed by atoms with van der Waals surface area (Å²) in [5.41, 5.74) is 15.7. The Balaban J connectivity index is 1.39. The monoisotopic (exact) mass is 703 g/mol. The van der Waals surface area contributed by atoms with Gasteiger partial charge < -0.3 is 4.42 Å². The Labute approximate surface area is 319 Å². The molecule has 0 radical (unpaired) electrons. The van der Waals surface area contributed by atoms with Crippen LogP contribution < -0.4 is 0 Å². The number of benzene rings is 8. The molecule has 55 heavy (non-hydrogen) atoms. The molecule has 0 amide bonds. The lowest BCUT2D eigenvalue weighted by atomic mass is 9.82. The molecule has 0 fully saturated rings. The van der Waals surface area contributed by atoms with Gasteiger partial charge in [0, 0.05) is 33.0 Å². The maximum atomic E-state index is 6.56. The van der Waals surface area contributed by atoms with Gasteiger partial charge in [0.15, 0.2) is 0 Å². The van der Waals surface area contributed by atoms with Crippen molar-refractivity contribution < 1.29 is 4.42 Å². The molecule has 2 heterocycles. The molecule has 0 N–H and O–H groups in total. The van der Waals surface area contributed by atoms with Gasteiger partial charge in [-0.2, -0.15) is 0 Å². The fraction of sp³-hybridized carbons (Fsp3) is 0. The largest absolute Gasteiger partial charge is 0.456 e. The van der Waals surface area contributed by atoms with Crippen molar-refractivity contribution >= 4 is 21.9 Å². The van der Waals surface area contributed by atoms with E-state index in [-0.39, 0.29) is 0 Å². The fourth-order valence-electron chi connectivity index (χ4n) is 7.95. The molecule has 8 aromatic carbocycles. The van der Waals surface area contributed by atoms with Crippen LogP contribution in [0, 0.1) is 0 Å². The number of para-hydroxylation sites is 1. The molecule has 4 heteroatoms. The van der Waals surface area contributed by atoms with Crippen LogP contribution in [0.15, 0.2) is 205 Å². The zero-order valence-corrected chi connectivity index (χ0v) is 29.8. The highest BCUT2D eigenvalue weighted by Gasteiger charge is 2.28. The second kappa shape index (κ2) is 13.8. The summed E-state index contributed by atoms with van der Waals surface area (Å²) in [6, 6.07) is 69.7. The summed E-state index contributed by atoms with van der Waals surface area (Å²) in [4.78, 5) is 0. The SMILES string of the molecule is c1ccc(-c2ccccc2-c2c(-c3ccccc3)nnnc2-c2c(-c3ccccc3)cccc2-c2c(-c3ccccc3)ccc3oc4ccccc4c23)cc1. The van der Waals surface area contributed by atoms with Crippen LogP contribution in [0.3, 0.4) is 0 Å². The van der Waals surface area contributed by atoms with Gasteiger partial charge >= 0.3 is 0 Å². The predicted octanol–water partition coefficient (Wildman–Crippen LogP) is 13.4. The molecule has 10 rings (SSSR count). The van der Waals surface area contributed by atoms with Crippen LogP contribution in [0.2, 0.25) is 0 Å². The zero-order valence-electron chi connectivity index (χ0n) is 29.8. The molecule has 0 saturated heterocycles. The lowest BCUT2D eigenvalue weighted by Gasteiger charge is -2.22. The first-order chi connectivity index (χ1) is 27.3. The van der Waals surface area contributed by atoms with Crippen LogP contribution in [-0.4, -0.2) is 15.4 Å². The van der Waals surface area contributed by atoms with E-state index in [1.807, 2.05) is 30.3 Å². The smallest absolute Gasteiger partial charge is 0.136 e. The van der Waals surface area contributed by atoms with E-state index in [9.17, 15) is 0 Å². The van der Waals surface area contributed by atoms with E-state index in [0.29, 0.717) is 0 Å². The Bertz CT molecular complexity index is 2960. The summed E-state index contributed by atoms with van der Waals surface area (Å²) in [6.45, 7) is 0. The molecule has 0 aliphatic carbocycles. The molecule has 0 bridgehead atoms. The second-order valence-electron chi connectivity index (χ2n) is 13.6. The van der Waals surface area contributed by atoms with Crippen LogP contribution in [-0.2, 0) is 0 Å². The average molecular weight is 704 g/mol. The van der Waals surface area contributed by atoms with Crippen LogP contribution >= 0.6 is 0 Å². The van der Waals surface area contributed by atoms with Crippen LogP contribution in [0.5, 0.6) is 0 Å². The van der Waals surface area contributed by atoms with Gasteiger partial charge in [-0.3, -0.25) is 0 Å². The normalized spacial score (nSPS) is 11.3. The topological polar surface area (TPSA) is 51.8 Å². The maximum absolute atomic E-state index is 6.56. The summed E-state index contributed by atoms with van der Waals surface area (Å²) in [6.07, 6.45) is 0. The third-order valence-electron chi connectivity index (χ3n) is 10.4. The summed E-state index contributed by atoms with van der Waals surface area (Å²) >= 11 is 0. The van der Waals surface area contributed by atoms with Gasteiger partial charge in [0.25, 0.3) is 0 Å². The Morgan fingerprint density at radius 2 is 0.782 bits per heavy atom. The van der Waals surface area contributed by atoms with Gasteiger partial charge in [0.05, 0.1) is 0 Å². The maximum Gasteiger partial charge on any atom is 0.136 e. The van der Waals surface area contributed by atoms with Crippen molar-refractivity contribution in [2.75, 3.05) is 0 Å². The summed E-state index contributed by atoms with van der Waals surface area (Å²) in [7, 11) is 0. The Morgan fingerprint density at radius 1 is 0.291 bits per heavy atom. The number of fused-ring (bicyclic) bond motifs is 3. The highest BCUT2D eigenvalue weighted by molar-refractivity contribution is 6.18. The zero-order chi connectivity index (χ0) is 36.6. The van der Waals surface area contributed by atoms with Crippen molar-refractivity contribution in [2.45, 2.75) is 0 Å². The molecular formula is C51H33N3O. The summed E-state index contributed by atoms with van der Waals surface area (Å²) in [5, 5.41) is 16.6. The standard InChI is InChI=1S/C51H33N3O/c1-5-18-34(19-6-1)38-26-13-14-27-41(38)49-50(37-24-11-4-12-25-37)52-54-53-51(49)47-39(35-20-7-2-8-21-35)29-17-30-43(47)46-40(36-22-9-3-10-23-36)32-33-45-48(46)42-28-15-16-31-44(42)55-45/h1-33H. The quantitative estimate of drug-likeness (QED) is 0.166.